The van der Waals surface area contributed by atoms with Gasteiger partial charge < -0.3 is 14.5 Å². The summed E-state index contributed by atoms with van der Waals surface area (Å²) in [7, 11) is -1.52. The largest absolute Gasteiger partial charge is 0.408 e. The van der Waals surface area contributed by atoms with Crippen molar-refractivity contribution in [3.63, 3.8) is 0 Å². The average Bonchev–Trinajstić information content (AvgIpc) is 2.71. The van der Waals surface area contributed by atoms with Crippen LogP contribution in [0.3, 0.4) is 0 Å². The van der Waals surface area contributed by atoms with Gasteiger partial charge in [0, 0.05) is 24.7 Å². The molecular weight excluding hydrogens is 378 g/mol. The molecule has 0 atom stereocenters. The van der Waals surface area contributed by atoms with E-state index in [4.69, 9.17) is 0 Å². The molecule has 0 unspecified atom stereocenters. The van der Waals surface area contributed by atoms with Crippen molar-refractivity contribution in [3.8, 4) is 0 Å². The van der Waals surface area contributed by atoms with Crippen LogP contribution in [-0.2, 0) is 6.54 Å². The van der Waals surface area contributed by atoms with Crippen molar-refractivity contribution in [1.82, 2.24) is 4.90 Å². The smallest absolute Gasteiger partial charge is 0.362 e. The Labute approximate surface area is 173 Å². The number of rotatable bonds is 6. The standard InChI is InChI=1S/C24H27NO3Si/c1-18(2)29(27,28)14-13-19-9-10-22-16-23(12-11-21(22)15-19)24(26)25(3)17-20-7-5-4-6-8-20/h4-16,18,27-28H,17H2,1-3H3. The molecule has 0 spiro atoms. The second-order valence-electron chi connectivity index (χ2n) is 7.74. The van der Waals surface area contributed by atoms with Gasteiger partial charge in [0.25, 0.3) is 5.91 Å². The molecule has 4 nitrogen and oxygen atoms in total. The van der Waals surface area contributed by atoms with E-state index in [1.807, 2.05) is 87.6 Å². The third-order valence-corrected chi connectivity index (χ3v) is 7.45. The first-order valence-corrected chi connectivity index (χ1v) is 11.8. The lowest BCUT2D eigenvalue weighted by atomic mass is 10.0. The summed E-state index contributed by atoms with van der Waals surface area (Å²) >= 11 is 0. The first kappa shape index (κ1) is 21.0. The van der Waals surface area contributed by atoms with Gasteiger partial charge in [0.2, 0.25) is 0 Å². The number of carbonyl (C=O) groups is 1. The summed E-state index contributed by atoms with van der Waals surface area (Å²) in [6.07, 6.45) is 1.76. The molecule has 0 bridgehead atoms. The Morgan fingerprint density at radius 3 is 2.34 bits per heavy atom. The van der Waals surface area contributed by atoms with Crippen LogP contribution in [0.15, 0.2) is 72.4 Å². The quantitative estimate of drug-likeness (QED) is 0.594. The lowest BCUT2D eigenvalue weighted by Crippen LogP contribution is -2.35. The van der Waals surface area contributed by atoms with Crippen LogP contribution in [0.4, 0.5) is 0 Å². The van der Waals surface area contributed by atoms with Gasteiger partial charge in [-0.15, -0.1) is 0 Å². The summed E-state index contributed by atoms with van der Waals surface area (Å²) in [5.41, 5.74) is 4.01. The summed E-state index contributed by atoms with van der Waals surface area (Å²) in [4.78, 5) is 34.7. The van der Waals surface area contributed by atoms with Gasteiger partial charge in [0.15, 0.2) is 0 Å². The fraction of sp³-hybridized carbons (Fsp3) is 0.208. The van der Waals surface area contributed by atoms with Crippen molar-refractivity contribution in [3.05, 3.63) is 89.1 Å². The highest BCUT2D eigenvalue weighted by Crippen LogP contribution is 2.22. The molecule has 29 heavy (non-hydrogen) atoms. The fourth-order valence-corrected chi connectivity index (χ4v) is 3.88. The van der Waals surface area contributed by atoms with Crippen LogP contribution in [-0.4, -0.2) is 36.0 Å². The van der Waals surface area contributed by atoms with Crippen LogP contribution >= 0.6 is 0 Å². The average molecular weight is 406 g/mol. The monoisotopic (exact) mass is 405 g/mol. The minimum absolute atomic E-state index is 0.0204. The number of hydrogen-bond donors (Lipinski definition) is 2. The predicted molar refractivity (Wildman–Crippen MR) is 121 cm³/mol. The second kappa shape index (κ2) is 8.74. The number of carbonyl (C=O) groups excluding carboxylic acids is 1. The molecule has 0 aromatic heterocycles. The molecule has 2 N–H and O–H groups in total. The predicted octanol–water partition coefficient (Wildman–Crippen LogP) is 4.50. The maximum atomic E-state index is 12.8. The van der Waals surface area contributed by atoms with Gasteiger partial charge in [-0.3, -0.25) is 4.79 Å². The maximum absolute atomic E-state index is 12.8. The van der Waals surface area contributed by atoms with E-state index in [0.717, 1.165) is 21.9 Å². The first-order chi connectivity index (χ1) is 13.8. The highest BCUT2D eigenvalue weighted by molar-refractivity contribution is 6.72. The Balaban J connectivity index is 1.78. The molecule has 0 saturated carbocycles. The molecule has 0 radical (unpaired) electrons. The van der Waals surface area contributed by atoms with E-state index < -0.39 is 8.56 Å². The van der Waals surface area contributed by atoms with Gasteiger partial charge in [0.05, 0.1) is 0 Å². The van der Waals surface area contributed by atoms with Crippen LogP contribution in [0.1, 0.15) is 35.3 Å². The third kappa shape index (κ3) is 5.20. The zero-order valence-corrected chi connectivity index (χ0v) is 18.0. The van der Waals surface area contributed by atoms with Crippen LogP contribution in [0.5, 0.6) is 0 Å². The summed E-state index contributed by atoms with van der Waals surface area (Å²) < 4.78 is 0. The van der Waals surface area contributed by atoms with E-state index in [-0.39, 0.29) is 11.4 Å². The minimum atomic E-state index is -3.33. The van der Waals surface area contributed by atoms with Gasteiger partial charge >= 0.3 is 8.56 Å². The van der Waals surface area contributed by atoms with Crippen molar-refractivity contribution >= 4 is 31.3 Å². The Morgan fingerprint density at radius 1 is 1.00 bits per heavy atom. The number of nitrogens with zero attached hydrogens (tertiary/aromatic N) is 1. The van der Waals surface area contributed by atoms with Gasteiger partial charge in [-0.05, 0) is 45.8 Å². The molecule has 150 valence electrons. The fourth-order valence-electron chi connectivity index (χ4n) is 3.06. The zero-order valence-electron chi connectivity index (χ0n) is 17.0. The maximum Gasteiger partial charge on any atom is 0.362 e. The molecule has 3 aromatic rings. The molecule has 3 aromatic carbocycles. The van der Waals surface area contributed by atoms with E-state index in [9.17, 15) is 14.4 Å². The van der Waals surface area contributed by atoms with Gasteiger partial charge in [-0.2, -0.15) is 0 Å². The van der Waals surface area contributed by atoms with Crippen LogP contribution in [0.2, 0.25) is 5.54 Å². The van der Waals surface area contributed by atoms with Crippen molar-refractivity contribution in [2.75, 3.05) is 7.05 Å². The molecule has 5 heteroatoms. The lowest BCUT2D eigenvalue weighted by Gasteiger charge is -2.18. The number of benzene rings is 3. The van der Waals surface area contributed by atoms with Crippen molar-refractivity contribution in [1.29, 1.82) is 0 Å². The molecule has 1 amide bonds. The SMILES string of the molecule is CC(C)[Si](O)(O)C=Cc1ccc2cc(C(=O)N(C)Cc3ccccc3)ccc2c1. The van der Waals surface area contributed by atoms with Crippen molar-refractivity contribution in [2.45, 2.75) is 25.9 Å². The van der Waals surface area contributed by atoms with Gasteiger partial charge in [-0.1, -0.05) is 68.5 Å². The van der Waals surface area contributed by atoms with Crippen LogP contribution < -0.4 is 0 Å². The summed E-state index contributed by atoms with van der Waals surface area (Å²) in [6.45, 7) is 4.18. The number of amides is 1. The van der Waals surface area contributed by atoms with E-state index in [1.54, 1.807) is 11.0 Å². The molecule has 3 rings (SSSR count). The molecule has 0 aliphatic heterocycles. The Morgan fingerprint density at radius 2 is 1.66 bits per heavy atom. The molecule has 0 fully saturated rings. The topological polar surface area (TPSA) is 60.8 Å². The second-order valence-corrected chi connectivity index (χ2v) is 10.8. The first-order valence-electron chi connectivity index (χ1n) is 9.73. The molecule has 0 aliphatic rings. The minimum Gasteiger partial charge on any atom is -0.408 e. The van der Waals surface area contributed by atoms with Crippen molar-refractivity contribution in [2.24, 2.45) is 0 Å². The Hall–Kier alpha value is -2.73. The highest BCUT2D eigenvalue weighted by Gasteiger charge is 2.29. The third-order valence-electron chi connectivity index (χ3n) is 5.09. The van der Waals surface area contributed by atoms with Gasteiger partial charge in [0.1, 0.15) is 0 Å². The molecule has 0 saturated heterocycles. The number of hydrogen-bond acceptors (Lipinski definition) is 3. The van der Waals surface area contributed by atoms with E-state index >= 15 is 0 Å². The van der Waals surface area contributed by atoms with E-state index in [1.165, 1.54) is 5.70 Å². The Bertz CT molecular complexity index is 1030. The van der Waals surface area contributed by atoms with E-state index in [0.29, 0.717) is 12.1 Å². The highest BCUT2D eigenvalue weighted by atomic mass is 28.4. The van der Waals surface area contributed by atoms with Crippen LogP contribution in [0, 0.1) is 0 Å². The Kier molecular flexibility index (Phi) is 6.32. The van der Waals surface area contributed by atoms with Crippen molar-refractivity contribution < 1.29 is 14.4 Å². The normalized spacial score (nSPS) is 12.1. The van der Waals surface area contributed by atoms with Crippen LogP contribution in [0.25, 0.3) is 16.8 Å². The summed E-state index contributed by atoms with van der Waals surface area (Å²) in [5, 5.41) is 1.98. The molecular formula is C24H27NO3Si. The zero-order chi connectivity index (χ0) is 21.0. The molecule has 0 heterocycles. The summed E-state index contributed by atoms with van der Waals surface area (Å²) in [5.74, 6) is -0.0204. The summed E-state index contributed by atoms with van der Waals surface area (Å²) in [6, 6.07) is 21.5. The van der Waals surface area contributed by atoms with E-state index in [2.05, 4.69) is 0 Å². The number of fused-ring (bicyclic) bond motifs is 1. The lowest BCUT2D eigenvalue weighted by molar-refractivity contribution is 0.0785. The molecule has 0 aliphatic carbocycles. The van der Waals surface area contributed by atoms with Gasteiger partial charge in [-0.25, -0.2) is 0 Å².